The zero-order chi connectivity index (χ0) is 15.8. The van der Waals surface area contributed by atoms with Crippen molar-refractivity contribution in [1.82, 2.24) is 0 Å². The molecule has 0 fully saturated rings. The third-order valence-corrected chi connectivity index (χ3v) is 5.06. The number of fused-ring (bicyclic) bond motifs is 3. The number of aryl methyl sites for hydroxylation is 2. The molecule has 118 valence electrons. The summed E-state index contributed by atoms with van der Waals surface area (Å²) in [4.78, 5) is 0. The number of para-hydroxylation sites is 1. The summed E-state index contributed by atoms with van der Waals surface area (Å²) in [6, 6.07) is 14.9. The highest BCUT2D eigenvalue weighted by atomic mass is 32.2. The Labute approximate surface area is 137 Å². The maximum Gasteiger partial charge on any atom is 0.266 e. The summed E-state index contributed by atoms with van der Waals surface area (Å²) in [6.45, 7) is 0. The largest absolute Gasteiger partial charge is 0.461 e. The lowest BCUT2D eigenvalue weighted by Crippen LogP contribution is -2.18. The molecule has 0 aliphatic heterocycles. The molecule has 0 spiro atoms. The third-order valence-electron chi connectivity index (χ3n) is 4.32. The van der Waals surface area contributed by atoms with Gasteiger partial charge in [-0.25, -0.2) is 8.51 Å². The summed E-state index contributed by atoms with van der Waals surface area (Å²) in [6.07, 6.45) is 4.39. The van der Waals surface area contributed by atoms with Gasteiger partial charge in [0, 0.05) is 23.4 Å². The van der Waals surface area contributed by atoms with Crippen molar-refractivity contribution in [3.63, 3.8) is 0 Å². The fourth-order valence-corrected chi connectivity index (χ4v) is 3.87. The van der Waals surface area contributed by atoms with E-state index in [-0.39, 0.29) is 0 Å². The lowest BCUT2D eigenvalue weighted by atomic mass is 9.96. The fourth-order valence-electron chi connectivity index (χ4n) is 3.27. The number of furan rings is 1. The normalized spacial score (nSPS) is 15.3. The van der Waals surface area contributed by atoms with Gasteiger partial charge in [0.15, 0.2) is 0 Å². The molecule has 23 heavy (non-hydrogen) atoms. The van der Waals surface area contributed by atoms with Crippen LogP contribution in [-0.2, 0) is 24.1 Å². The van der Waals surface area contributed by atoms with Crippen LogP contribution in [0.5, 0.6) is 0 Å². The number of nitrogens with zero attached hydrogens (tertiary/aromatic N) is 1. The van der Waals surface area contributed by atoms with Crippen LogP contribution in [0.4, 0.5) is 11.4 Å². The Balaban J connectivity index is 1.83. The first kappa shape index (κ1) is 14.5. The minimum absolute atomic E-state index is 0.649. The Morgan fingerprint density at radius 3 is 2.57 bits per heavy atom. The van der Waals surface area contributed by atoms with Gasteiger partial charge >= 0.3 is 0 Å². The van der Waals surface area contributed by atoms with Crippen molar-refractivity contribution in [1.29, 1.82) is 0 Å². The van der Waals surface area contributed by atoms with Crippen molar-refractivity contribution in [3.05, 3.63) is 59.9 Å². The SMILES string of the molecule is O=S(O)N(c1ccccc1)c1ccc2c3c(oc2c1)CCCC3. The van der Waals surface area contributed by atoms with Gasteiger partial charge in [-0.3, -0.25) is 4.55 Å². The standard InChI is InChI=1S/C18H17NO3S/c20-23(21)19(13-6-2-1-3-7-13)14-10-11-16-15-8-4-5-9-17(15)22-18(16)12-14/h1-3,6-7,10-12H,4-5,8-9H2,(H,20,21). The summed E-state index contributed by atoms with van der Waals surface area (Å²) < 4.78 is 28.9. The molecule has 5 heteroatoms. The average molecular weight is 327 g/mol. The van der Waals surface area contributed by atoms with E-state index in [4.69, 9.17) is 4.42 Å². The molecule has 2 aromatic carbocycles. The van der Waals surface area contributed by atoms with Crippen LogP contribution in [0.1, 0.15) is 24.2 Å². The molecular weight excluding hydrogens is 310 g/mol. The van der Waals surface area contributed by atoms with Crippen molar-refractivity contribution < 1.29 is 13.2 Å². The van der Waals surface area contributed by atoms with Gasteiger partial charge in [-0.1, -0.05) is 18.2 Å². The van der Waals surface area contributed by atoms with Crippen LogP contribution < -0.4 is 4.31 Å². The van der Waals surface area contributed by atoms with Gasteiger partial charge in [0.2, 0.25) is 0 Å². The van der Waals surface area contributed by atoms with Gasteiger partial charge in [-0.05, 0) is 43.5 Å². The third kappa shape index (κ3) is 2.56. The summed E-state index contributed by atoms with van der Waals surface area (Å²) in [5.74, 6) is 1.07. The second-order valence-corrected chi connectivity index (χ2v) is 6.58. The Bertz CT molecular complexity index is 873. The zero-order valence-corrected chi connectivity index (χ0v) is 13.4. The summed E-state index contributed by atoms with van der Waals surface area (Å²) in [5.41, 5.74) is 3.41. The van der Waals surface area contributed by atoms with Crippen LogP contribution in [-0.4, -0.2) is 8.76 Å². The van der Waals surface area contributed by atoms with Crippen molar-refractivity contribution in [2.75, 3.05) is 4.31 Å². The molecule has 1 atom stereocenters. The van der Waals surface area contributed by atoms with Crippen molar-refractivity contribution in [2.45, 2.75) is 25.7 Å². The van der Waals surface area contributed by atoms with Crippen LogP contribution in [0, 0.1) is 0 Å². The van der Waals surface area contributed by atoms with Gasteiger partial charge in [-0.2, -0.15) is 0 Å². The Morgan fingerprint density at radius 2 is 1.78 bits per heavy atom. The molecule has 1 aliphatic rings. The second kappa shape index (κ2) is 5.83. The maximum atomic E-state index is 11.8. The highest BCUT2D eigenvalue weighted by Crippen LogP contribution is 2.35. The summed E-state index contributed by atoms with van der Waals surface area (Å²) >= 11 is -2.15. The molecule has 1 aromatic heterocycles. The molecule has 1 aliphatic carbocycles. The minimum atomic E-state index is -2.15. The van der Waals surface area contributed by atoms with Crippen LogP contribution in [0.2, 0.25) is 0 Å². The quantitative estimate of drug-likeness (QED) is 0.716. The molecule has 4 nitrogen and oxygen atoms in total. The van der Waals surface area contributed by atoms with Crippen LogP contribution in [0.3, 0.4) is 0 Å². The molecule has 4 rings (SSSR count). The molecule has 3 aromatic rings. The molecule has 0 saturated carbocycles. The molecule has 1 unspecified atom stereocenters. The van der Waals surface area contributed by atoms with Crippen LogP contribution >= 0.6 is 0 Å². The topological polar surface area (TPSA) is 53.7 Å². The lowest BCUT2D eigenvalue weighted by Gasteiger charge is -2.19. The van der Waals surface area contributed by atoms with E-state index in [1.807, 2.05) is 48.5 Å². The van der Waals surface area contributed by atoms with Crippen LogP contribution in [0.15, 0.2) is 52.9 Å². The highest BCUT2D eigenvalue weighted by molar-refractivity contribution is 7.81. The van der Waals surface area contributed by atoms with Gasteiger partial charge in [0.05, 0.1) is 11.4 Å². The van der Waals surface area contributed by atoms with E-state index in [0.717, 1.165) is 36.0 Å². The van der Waals surface area contributed by atoms with E-state index >= 15 is 0 Å². The van der Waals surface area contributed by atoms with E-state index in [0.29, 0.717) is 11.4 Å². The van der Waals surface area contributed by atoms with E-state index in [1.54, 1.807) is 0 Å². The first-order chi connectivity index (χ1) is 11.2. The number of anilines is 2. The highest BCUT2D eigenvalue weighted by Gasteiger charge is 2.20. The van der Waals surface area contributed by atoms with Gasteiger partial charge in [0.25, 0.3) is 11.3 Å². The minimum Gasteiger partial charge on any atom is -0.461 e. The second-order valence-electron chi connectivity index (χ2n) is 5.75. The molecule has 0 saturated heterocycles. The van der Waals surface area contributed by atoms with Crippen molar-refractivity contribution in [3.8, 4) is 0 Å². The maximum absolute atomic E-state index is 11.8. The van der Waals surface area contributed by atoms with E-state index in [2.05, 4.69) is 0 Å². The molecule has 1 N–H and O–H groups in total. The van der Waals surface area contributed by atoms with Crippen molar-refractivity contribution >= 4 is 33.6 Å². The number of rotatable bonds is 3. The number of hydrogen-bond donors (Lipinski definition) is 1. The summed E-state index contributed by atoms with van der Waals surface area (Å²) in [5, 5.41) is 1.13. The molecule has 0 amide bonds. The van der Waals surface area contributed by atoms with E-state index < -0.39 is 11.3 Å². The van der Waals surface area contributed by atoms with Gasteiger partial charge < -0.3 is 4.42 Å². The van der Waals surface area contributed by atoms with Crippen molar-refractivity contribution in [2.24, 2.45) is 0 Å². The molecule has 0 bridgehead atoms. The predicted molar refractivity (Wildman–Crippen MR) is 92.2 cm³/mol. The zero-order valence-electron chi connectivity index (χ0n) is 12.6. The monoisotopic (exact) mass is 327 g/mol. The fraction of sp³-hybridized carbons (Fsp3) is 0.222. The van der Waals surface area contributed by atoms with E-state index in [9.17, 15) is 8.76 Å². The number of hydrogen-bond acceptors (Lipinski definition) is 2. The molecule has 0 radical (unpaired) electrons. The smallest absolute Gasteiger partial charge is 0.266 e. The molecule has 1 heterocycles. The van der Waals surface area contributed by atoms with Gasteiger partial charge in [-0.15, -0.1) is 0 Å². The predicted octanol–water partition coefficient (Wildman–Crippen LogP) is 4.59. The number of benzene rings is 2. The van der Waals surface area contributed by atoms with E-state index in [1.165, 1.54) is 16.3 Å². The van der Waals surface area contributed by atoms with Crippen LogP contribution in [0.25, 0.3) is 11.0 Å². The average Bonchev–Trinajstić information content (AvgIpc) is 2.93. The molecular formula is C18H17NO3S. The Kier molecular flexibility index (Phi) is 3.67. The first-order valence-corrected chi connectivity index (χ1v) is 8.81. The Hall–Kier alpha value is -2.11. The van der Waals surface area contributed by atoms with Gasteiger partial charge in [0.1, 0.15) is 11.3 Å². The lowest BCUT2D eigenvalue weighted by molar-refractivity contribution is 0.506. The summed E-state index contributed by atoms with van der Waals surface area (Å²) in [7, 11) is 0. The Morgan fingerprint density at radius 1 is 1.00 bits per heavy atom. The first-order valence-electron chi connectivity index (χ1n) is 7.74.